The molecule has 0 aromatic heterocycles. The first-order valence-electron chi connectivity index (χ1n) is 9.13. The lowest BCUT2D eigenvalue weighted by molar-refractivity contribution is 0.415. The monoisotopic (exact) mass is 330 g/mol. The van der Waals surface area contributed by atoms with Crippen molar-refractivity contribution in [1.82, 2.24) is 10.6 Å². The average Bonchev–Trinajstić information content (AvgIpc) is 3.17. The molecule has 1 aromatic carbocycles. The fourth-order valence-electron chi connectivity index (χ4n) is 3.64. The van der Waals surface area contributed by atoms with Gasteiger partial charge in [-0.25, -0.2) is 0 Å². The largest absolute Gasteiger partial charge is 0.495 e. The molecule has 1 aliphatic heterocycles. The molecule has 0 bridgehead atoms. The van der Waals surface area contributed by atoms with Gasteiger partial charge in [-0.1, -0.05) is 25.5 Å². The maximum absolute atomic E-state index is 5.49. The van der Waals surface area contributed by atoms with Crippen molar-refractivity contribution < 1.29 is 4.74 Å². The summed E-state index contributed by atoms with van der Waals surface area (Å²) in [6, 6.07) is 9.28. The number of nitrogens with zero attached hydrogens (tertiary/aromatic N) is 2. The summed E-state index contributed by atoms with van der Waals surface area (Å²) in [4.78, 5) is 6.80. The van der Waals surface area contributed by atoms with Crippen LogP contribution in [0.2, 0.25) is 0 Å². The maximum atomic E-state index is 5.49. The number of aliphatic imine (C=N–C) groups is 1. The van der Waals surface area contributed by atoms with Crippen LogP contribution in [0.1, 0.15) is 32.6 Å². The van der Waals surface area contributed by atoms with Crippen LogP contribution >= 0.6 is 0 Å². The van der Waals surface area contributed by atoms with E-state index in [2.05, 4.69) is 39.6 Å². The van der Waals surface area contributed by atoms with E-state index in [1.165, 1.54) is 24.9 Å². The smallest absolute Gasteiger partial charge is 0.191 e. The molecule has 5 nitrogen and oxygen atoms in total. The van der Waals surface area contributed by atoms with Gasteiger partial charge in [0.15, 0.2) is 5.96 Å². The van der Waals surface area contributed by atoms with Crippen LogP contribution in [-0.2, 0) is 0 Å². The second-order valence-corrected chi connectivity index (χ2v) is 6.86. The Morgan fingerprint density at radius 3 is 2.92 bits per heavy atom. The lowest BCUT2D eigenvalue weighted by atomic mass is 10.2. The molecular weight excluding hydrogens is 300 g/mol. The van der Waals surface area contributed by atoms with Crippen LogP contribution in [0.15, 0.2) is 29.3 Å². The Kier molecular flexibility index (Phi) is 5.48. The molecule has 3 atom stereocenters. The first-order valence-corrected chi connectivity index (χ1v) is 9.13. The second kappa shape index (κ2) is 7.77. The van der Waals surface area contributed by atoms with Crippen molar-refractivity contribution in [2.75, 3.05) is 32.1 Å². The minimum absolute atomic E-state index is 0.421. The van der Waals surface area contributed by atoms with Gasteiger partial charge in [0.25, 0.3) is 0 Å². The highest BCUT2D eigenvalue weighted by molar-refractivity contribution is 5.80. The molecule has 1 saturated carbocycles. The average molecular weight is 330 g/mol. The molecule has 3 unspecified atom stereocenters. The normalized spacial score (nSPS) is 26.4. The SMILES string of the molecule is CCCC1CC1NC(=NC)NC1CCN(c2ccccc2OC)C1. The van der Waals surface area contributed by atoms with Gasteiger partial charge in [-0.2, -0.15) is 0 Å². The molecule has 3 rings (SSSR count). The number of rotatable bonds is 6. The predicted molar refractivity (Wildman–Crippen MR) is 100 cm³/mol. The van der Waals surface area contributed by atoms with Gasteiger partial charge in [0.05, 0.1) is 12.8 Å². The van der Waals surface area contributed by atoms with E-state index in [1.807, 2.05) is 19.2 Å². The van der Waals surface area contributed by atoms with E-state index in [0.29, 0.717) is 12.1 Å². The molecule has 0 radical (unpaired) electrons. The van der Waals surface area contributed by atoms with Gasteiger partial charge in [0.1, 0.15) is 5.75 Å². The van der Waals surface area contributed by atoms with Gasteiger partial charge in [-0.3, -0.25) is 4.99 Å². The molecule has 1 heterocycles. The summed E-state index contributed by atoms with van der Waals surface area (Å²) in [5.74, 6) is 2.73. The molecule has 2 aliphatic rings. The number of benzene rings is 1. The van der Waals surface area contributed by atoms with Crippen molar-refractivity contribution in [2.24, 2.45) is 10.9 Å². The maximum Gasteiger partial charge on any atom is 0.191 e. The topological polar surface area (TPSA) is 48.9 Å². The van der Waals surface area contributed by atoms with Crippen molar-refractivity contribution in [1.29, 1.82) is 0 Å². The first-order chi connectivity index (χ1) is 11.7. The molecule has 2 N–H and O–H groups in total. The van der Waals surface area contributed by atoms with Gasteiger partial charge in [0.2, 0.25) is 0 Å². The third kappa shape index (κ3) is 3.94. The highest BCUT2D eigenvalue weighted by Crippen LogP contribution is 2.34. The van der Waals surface area contributed by atoms with Gasteiger partial charge >= 0.3 is 0 Å². The third-order valence-corrected chi connectivity index (χ3v) is 5.08. The highest BCUT2D eigenvalue weighted by atomic mass is 16.5. The summed E-state index contributed by atoms with van der Waals surface area (Å²) in [5, 5.41) is 7.17. The van der Waals surface area contributed by atoms with E-state index in [0.717, 1.165) is 37.1 Å². The molecule has 1 saturated heterocycles. The van der Waals surface area contributed by atoms with E-state index in [9.17, 15) is 0 Å². The van der Waals surface area contributed by atoms with Crippen molar-refractivity contribution in [3.05, 3.63) is 24.3 Å². The summed E-state index contributed by atoms with van der Waals surface area (Å²) in [5.41, 5.74) is 1.18. The van der Waals surface area contributed by atoms with Crippen LogP contribution in [0, 0.1) is 5.92 Å². The molecule has 1 aromatic rings. The van der Waals surface area contributed by atoms with Crippen molar-refractivity contribution in [3.63, 3.8) is 0 Å². The zero-order valence-electron chi connectivity index (χ0n) is 15.1. The first kappa shape index (κ1) is 16.9. The van der Waals surface area contributed by atoms with Gasteiger partial charge < -0.3 is 20.3 Å². The number of methoxy groups -OCH3 is 1. The Morgan fingerprint density at radius 2 is 2.17 bits per heavy atom. The Bertz CT molecular complexity index is 574. The molecule has 0 amide bonds. The Hall–Kier alpha value is -1.91. The van der Waals surface area contributed by atoms with Crippen LogP contribution < -0.4 is 20.3 Å². The van der Waals surface area contributed by atoms with Crippen LogP contribution in [0.3, 0.4) is 0 Å². The molecule has 1 aliphatic carbocycles. The summed E-state index contributed by atoms with van der Waals surface area (Å²) in [6.45, 7) is 4.27. The van der Waals surface area contributed by atoms with Crippen LogP contribution in [0.25, 0.3) is 0 Å². The molecule has 0 spiro atoms. The predicted octanol–water partition coefficient (Wildman–Crippen LogP) is 2.63. The lowest BCUT2D eigenvalue weighted by Crippen LogP contribution is -2.45. The number of guanidine groups is 1. The van der Waals surface area contributed by atoms with E-state index < -0.39 is 0 Å². The zero-order valence-corrected chi connectivity index (χ0v) is 15.1. The summed E-state index contributed by atoms with van der Waals surface area (Å²) >= 11 is 0. The molecule has 132 valence electrons. The lowest BCUT2D eigenvalue weighted by Gasteiger charge is -2.22. The molecule has 24 heavy (non-hydrogen) atoms. The minimum atomic E-state index is 0.421. The number of hydrogen-bond donors (Lipinski definition) is 2. The number of anilines is 1. The molecular formula is C19H30N4O. The van der Waals surface area contributed by atoms with Gasteiger partial charge in [0, 0.05) is 32.2 Å². The van der Waals surface area contributed by atoms with E-state index in [4.69, 9.17) is 4.74 Å². The number of ether oxygens (including phenoxy) is 1. The van der Waals surface area contributed by atoms with E-state index in [1.54, 1.807) is 7.11 Å². The fourth-order valence-corrected chi connectivity index (χ4v) is 3.64. The molecule has 2 fully saturated rings. The van der Waals surface area contributed by atoms with Crippen molar-refractivity contribution in [2.45, 2.75) is 44.7 Å². The van der Waals surface area contributed by atoms with Gasteiger partial charge in [-0.05, 0) is 37.3 Å². The minimum Gasteiger partial charge on any atom is -0.495 e. The molecule has 5 heteroatoms. The van der Waals surface area contributed by atoms with Crippen LogP contribution in [0.4, 0.5) is 5.69 Å². The van der Waals surface area contributed by atoms with Gasteiger partial charge in [-0.15, -0.1) is 0 Å². The summed E-state index contributed by atoms with van der Waals surface area (Å²) in [6.07, 6.45) is 4.99. The summed E-state index contributed by atoms with van der Waals surface area (Å²) < 4.78 is 5.49. The number of hydrogen-bond acceptors (Lipinski definition) is 3. The van der Waals surface area contributed by atoms with E-state index >= 15 is 0 Å². The second-order valence-electron chi connectivity index (χ2n) is 6.86. The standard InChI is InChI=1S/C19H30N4O/c1-4-7-14-12-16(14)22-19(20-2)21-15-10-11-23(13-15)17-8-5-6-9-18(17)24-3/h5-6,8-9,14-16H,4,7,10-13H2,1-3H3,(H2,20,21,22). The van der Waals surface area contributed by atoms with E-state index in [-0.39, 0.29) is 0 Å². The quantitative estimate of drug-likeness (QED) is 0.622. The zero-order chi connectivity index (χ0) is 16.9. The van der Waals surface area contributed by atoms with Crippen LogP contribution in [0.5, 0.6) is 5.75 Å². The fraction of sp³-hybridized carbons (Fsp3) is 0.632. The van der Waals surface area contributed by atoms with Crippen molar-refractivity contribution >= 4 is 11.6 Å². The Balaban J connectivity index is 1.52. The Labute approximate surface area is 145 Å². The third-order valence-electron chi connectivity index (χ3n) is 5.08. The summed E-state index contributed by atoms with van der Waals surface area (Å²) in [7, 11) is 3.60. The highest BCUT2D eigenvalue weighted by Gasteiger charge is 2.37. The number of para-hydroxylation sites is 2. The number of nitrogens with one attached hydrogen (secondary N) is 2. The Morgan fingerprint density at radius 1 is 1.33 bits per heavy atom. The van der Waals surface area contributed by atoms with Crippen LogP contribution in [-0.4, -0.2) is 45.3 Å². The van der Waals surface area contributed by atoms with Crippen molar-refractivity contribution in [3.8, 4) is 5.75 Å².